The number of esters is 1. The topological polar surface area (TPSA) is 26.3 Å². The van der Waals surface area contributed by atoms with E-state index in [9.17, 15) is 4.79 Å². The van der Waals surface area contributed by atoms with E-state index in [1.807, 2.05) is 0 Å². The van der Waals surface area contributed by atoms with E-state index in [-0.39, 0.29) is 12.1 Å². The lowest BCUT2D eigenvalue weighted by Crippen LogP contribution is -2.51. The van der Waals surface area contributed by atoms with Crippen molar-refractivity contribution in [2.24, 2.45) is 58.2 Å². The van der Waals surface area contributed by atoms with Crippen LogP contribution in [0, 0.1) is 58.2 Å². The molecule has 222 valence electrons. The molecule has 0 aromatic carbocycles. The third-order valence-corrected chi connectivity index (χ3v) is 13.5. The molecule has 0 radical (unpaired) electrons. The Balaban J connectivity index is 1.18. The monoisotopic (exact) mass is 538 g/mol. The van der Waals surface area contributed by atoms with Gasteiger partial charge < -0.3 is 4.74 Å². The van der Waals surface area contributed by atoms with Crippen LogP contribution in [0.15, 0.2) is 11.6 Å². The summed E-state index contributed by atoms with van der Waals surface area (Å²) in [7, 11) is 0. The van der Waals surface area contributed by atoms with Gasteiger partial charge in [-0.1, -0.05) is 105 Å². The molecule has 4 saturated carbocycles. The van der Waals surface area contributed by atoms with Gasteiger partial charge in [-0.2, -0.15) is 0 Å². The fourth-order valence-corrected chi connectivity index (χ4v) is 11.1. The Morgan fingerprint density at radius 1 is 0.897 bits per heavy atom. The van der Waals surface area contributed by atoms with Gasteiger partial charge in [0.2, 0.25) is 0 Å². The average molecular weight is 539 g/mol. The van der Waals surface area contributed by atoms with Crippen LogP contribution in [0.3, 0.4) is 0 Å². The lowest BCUT2D eigenvalue weighted by Gasteiger charge is -2.58. The number of rotatable bonds is 9. The number of carbonyl (C=O) groups is 1. The van der Waals surface area contributed by atoms with Crippen molar-refractivity contribution in [2.75, 3.05) is 0 Å². The zero-order valence-electron chi connectivity index (χ0n) is 26.6. The summed E-state index contributed by atoms with van der Waals surface area (Å²) in [6.07, 6.45) is 24.7. The van der Waals surface area contributed by atoms with E-state index in [1.54, 1.807) is 5.57 Å². The molecule has 2 heteroatoms. The van der Waals surface area contributed by atoms with Gasteiger partial charge in [-0.25, -0.2) is 0 Å². The summed E-state index contributed by atoms with van der Waals surface area (Å²) in [6, 6.07) is 0. The summed E-state index contributed by atoms with van der Waals surface area (Å²) in [5.74, 6) is 6.57. The second-order valence-corrected chi connectivity index (χ2v) is 16.2. The molecule has 0 aliphatic heterocycles. The van der Waals surface area contributed by atoms with Crippen LogP contribution in [-0.2, 0) is 9.53 Å². The highest BCUT2D eigenvalue weighted by molar-refractivity contribution is 5.70. The smallest absolute Gasteiger partial charge is 0.306 e. The van der Waals surface area contributed by atoms with Crippen molar-refractivity contribution in [2.45, 2.75) is 157 Å². The van der Waals surface area contributed by atoms with Gasteiger partial charge in [0.05, 0.1) is 0 Å². The van der Waals surface area contributed by atoms with Gasteiger partial charge in [0.1, 0.15) is 6.10 Å². The second kappa shape index (κ2) is 12.2. The van der Waals surface area contributed by atoms with Crippen molar-refractivity contribution in [1.82, 2.24) is 0 Å². The molecule has 2 nitrogen and oxygen atoms in total. The molecule has 5 aliphatic carbocycles. The minimum absolute atomic E-state index is 0.0731. The first-order chi connectivity index (χ1) is 18.6. The second-order valence-electron chi connectivity index (χ2n) is 16.2. The summed E-state index contributed by atoms with van der Waals surface area (Å²) >= 11 is 0. The van der Waals surface area contributed by atoms with Crippen LogP contribution in [-0.4, -0.2) is 12.1 Å². The highest BCUT2D eigenvalue weighted by atomic mass is 16.5. The van der Waals surface area contributed by atoms with Crippen LogP contribution in [0.25, 0.3) is 0 Å². The summed E-state index contributed by atoms with van der Waals surface area (Å²) < 4.78 is 6.18. The molecule has 0 spiro atoms. The number of carbonyl (C=O) groups excluding carboxylic acids is 1. The quantitative estimate of drug-likeness (QED) is 0.215. The van der Waals surface area contributed by atoms with E-state index in [0.29, 0.717) is 23.2 Å². The largest absolute Gasteiger partial charge is 0.462 e. The highest BCUT2D eigenvalue weighted by Crippen LogP contribution is 2.67. The van der Waals surface area contributed by atoms with E-state index >= 15 is 0 Å². The normalized spacial score (nSPS) is 40.3. The van der Waals surface area contributed by atoms with E-state index in [0.717, 1.165) is 54.3 Å². The van der Waals surface area contributed by atoms with E-state index in [2.05, 4.69) is 47.6 Å². The zero-order chi connectivity index (χ0) is 27.8. The summed E-state index contributed by atoms with van der Waals surface area (Å²) in [5.41, 5.74) is 2.54. The molecular weight excluding hydrogens is 476 g/mol. The molecule has 9 atom stereocenters. The standard InChI is InChI=1S/C37H62O2/c1-25(2)11-10-12-26(3)32-17-18-33-31-16-15-29-24-30(19-21-36(29,5)34(31)20-22-37(32,33)6)39-35(38)23-27(4)28-13-8-7-9-14-28/h15,25-28,30-34H,7-14,16-24H2,1-6H3/t26-,27?,30?,31+,32-,33+,34+,36+,37-/m1/s1. The molecule has 39 heavy (non-hydrogen) atoms. The minimum Gasteiger partial charge on any atom is -0.462 e. The fraction of sp³-hybridized carbons (Fsp3) is 0.919. The predicted molar refractivity (Wildman–Crippen MR) is 163 cm³/mol. The Morgan fingerprint density at radius 3 is 2.41 bits per heavy atom. The number of allylic oxidation sites excluding steroid dienone is 1. The van der Waals surface area contributed by atoms with Crippen LogP contribution in [0.2, 0.25) is 0 Å². The molecule has 0 bridgehead atoms. The SMILES string of the molecule is CC(C)CCC[C@@H](C)[C@H]1CC[C@H]2[C@@H]3CC=C4CC(OC(=O)CC(C)C5CCCCC5)CC[C@]4(C)[C@H]3CC[C@]12C. The molecular formula is C37H62O2. The van der Waals surface area contributed by atoms with Gasteiger partial charge in [0.25, 0.3) is 0 Å². The van der Waals surface area contributed by atoms with Crippen LogP contribution < -0.4 is 0 Å². The maximum absolute atomic E-state index is 12.9. The van der Waals surface area contributed by atoms with E-state index in [1.165, 1.54) is 89.9 Å². The van der Waals surface area contributed by atoms with Crippen molar-refractivity contribution in [3.63, 3.8) is 0 Å². The van der Waals surface area contributed by atoms with Crippen LogP contribution >= 0.6 is 0 Å². The maximum Gasteiger partial charge on any atom is 0.306 e. The molecule has 0 aromatic heterocycles. The highest BCUT2D eigenvalue weighted by Gasteiger charge is 2.59. The molecule has 0 heterocycles. The summed E-state index contributed by atoms with van der Waals surface area (Å²) in [4.78, 5) is 12.9. The van der Waals surface area contributed by atoms with Gasteiger partial charge in [0, 0.05) is 12.8 Å². The molecule has 0 saturated heterocycles. The van der Waals surface area contributed by atoms with Crippen molar-refractivity contribution < 1.29 is 9.53 Å². The molecule has 5 aliphatic rings. The van der Waals surface area contributed by atoms with Gasteiger partial charge >= 0.3 is 5.97 Å². The van der Waals surface area contributed by atoms with Crippen molar-refractivity contribution in [1.29, 1.82) is 0 Å². The molecule has 0 N–H and O–H groups in total. The van der Waals surface area contributed by atoms with Crippen LogP contribution in [0.5, 0.6) is 0 Å². The minimum atomic E-state index is 0.0731. The lowest BCUT2D eigenvalue weighted by molar-refractivity contribution is -0.153. The fourth-order valence-electron chi connectivity index (χ4n) is 11.1. The van der Waals surface area contributed by atoms with Gasteiger partial charge in [-0.05, 0) is 103 Å². The Morgan fingerprint density at radius 2 is 1.67 bits per heavy atom. The third-order valence-electron chi connectivity index (χ3n) is 13.5. The Bertz CT molecular complexity index is 867. The maximum atomic E-state index is 12.9. The summed E-state index contributed by atoms with van der Waals surface area (Å²) in [6.45, 7) is 14.9. The first-order valence-electron chi connectivity index (χ1n) is 17.5. The van der Waals surface area contributed by atoms with Crippen LogP contribution in [0.1, 0.15) is 151 Å². The predicted octanol–water partition coefficient (Wildman–Crippen LogP) is 10.5. The van der Waals surface area contributed by atoms with Crippen molar-refractivity contribution >= 4 is 5.97 Å². The lowest BCUT2D eigenvalue weighted by atomic mass is 9.47. The first-order valence-corrected chi connectivity index (χ1v) is 17.5. The third kappa shape index (κ3) is 6.07. The average Bonchev–Trinajstić information content (AvgIpc) is 3.26. The molecule has 2 unspecified atom stereocenters. The molecule has 4 fully saturated rings. The van der Waals surface area contributed by atoms with Crippen molar-refractivity contribution in [3.8, 4) is 0 Å². The Kier molecular flexibility index (Phi) is 9.30. The summed E-state index contributed by atoms with van der Waals surface area (Å²) in [5, 5.41) is 0. The van der Waals surface area contributed by atoms with Gasteiger partial charge in [-0.15, -0.1) is 0 Å². The molecule has 0 aromatic rings. The van der Waals surface area contributed by atoms with Gasteiger partial charge in [0.15, 0.2) is 0 Å². The Labute approximate surface area is 241 Å². The zero-order valence-corrected chi connectivity index (χ0v) is 26.6. The van der Waals surface area contributed by atoms with Crippen LogP contribution in [0.4, 0.5) is 0 Å². The first kappa shape index (κ1) is 29.7. The number of hydrogen-bond acceptors (Lipinski definition) is 2. The number of ether oxygens (including phenoxy) is 1. The molecule has 0 amide bonds. The van der Waals surface area contributed by atoms with E-state index < -0.39 is 0 Å². The molecule has 5 rings (SSSR count). The van der Waals surface area contributed by atoms with Gasteiger partial charge in [-0.3, -0.25) is 4.79 Å². The van der Waals surface area contributed by atoms with Crippen molar-refractivity contribution in [3.05, 3.63) is 11.6 Å². The van der Waals surface area contributed by atoms with E-state index in [4.69, 9.17) is 4.74 Å². The number of fused-ring (bicyclic) bond motifs is 5. The Hall–Kier alpha value is -0.790. The number of hydrogen-bond donors (Lipinski definition) is 0.